The number of hydrogen-bond donors (Lipinski definition) is 6. The van der Waals surface area contributed by atoms with Crippen LogP contribution in [-0.4, -0.2) is 59.0 Å². The number of nitrogens with one attached hydrogen (secondary N) is 3. The summed E-state index contributed by atoms with van der Waals surface area (Å²) in [7, 11) is 0. The largest absolute Gasteiger partial charge is 0.481 e. The number of aliphatic carboxylic acids is 2. The van der Waals surface area contributed by atoms with Crippen LogP contribution in [0.2, 0.25) is 0 Å². The van der Waals surface area contributed by atoms with Gasteiger partial charge in [0.05, 0.1) is 5.92 Å². The fraction of sp³-hybridized carbons (Fsp3) is 0.600. The Bertz CT molecular complexity index is 389. The van der Waals surface area contributed by atoms with Crippen molar-refractivity contribution in [3.05, 3.63) is 0 Å². The lowest BCUT2D eigenvalue weighted by Gasteiger charge is -2.17. The van der Waals surface area contributed by atoms with Gasteiger partial charge < -0.3 is 26.2 Å². The number of hydrogen-bond acceptors (Lipinski definition) is 5. The highest BCUT2D eigenvalue weighted by Gasteiger charge is 2.20. The van der Waals surface area contributed by atoms with E-state index in [1.54, 1.807) is 0 Å². The Balaban J connectivity index is 4.21. The van der Waals surface area contributed by atoms with E-state index in [0.29, 0.717) is 0 Å². The highest BCUT2D eigenvalue weighted by atomic mass is 32.1. The van der Waals surface area contributed by atoms with Crippen LogP contribution in [0, 0.1) is 5.92 Å². The first-order valence-electron chi connectivity index (χ1n) is 5.65. The normalized spacial score (nSPS) is 12.9. The predicted molar refractivity (Wildman–Crippen MR) is 71.6 cm³/mol. The third kappa shape index (κ3) is 7.46. The second-order valence-electron chi connectivity index (χ2n) is 3.94. The van der Waals surface area contributed by atoms with Gasteiger partial charge in [0.15, 0.2) is 0 Å². The lowest BCUT2D eigenvalue weighted by atomic mass is 10.2. The number of carboxylic acid groups (broad SMARTS) is 2. The molecular weight excluding hydrogens is 290 g/mol. The minimum absolute atomic E-state index is 0.0344. The topological polar surface area (TPSA) is 145 Å². The molecule has 0 saturated heterocycles. The third-order valence-corrected chi connectivity index (χ3v) is 2.57. The SMILES string of the molecule is C[C@@H](CNC(=O)N[C@@H](CS)C(=O)NCC(=O)O)C(=O)O. The second-order valence-corrected chi connectivity index (χ2v) is 4.31. The number of carbonyl (C=O) groups excluding carboxylic acids is 2. The van der Waals surface area contributed by atoms with Gasteiger partial charge in [-0.15, -0.1) is 0 Å². The molecule has 0 rings (SSSR count). The minimum atomic E-state index is -1.21. The Morgan fingerprint density at radius 2 is 1.75 bits per heavy atom. The predicted octanol–water partition coefficient (Wildman–Crippen LogP) is -1.49. The average Bonchev–Trinajstić information content (AvgIpc) is 2.38. The first-order valence-corrected chi connectivity index (χ1v) is 6.28. The zero-order chi connectivity index (χ0) is 15.7. The lowest BCUT2D eigenvalue weighted by Crippen LogP contribution is -2.52. The number of amides is 3. The quantitative estimate of drug-likeness (QED) is 0.301. The van der Waals surface area contributed by atoms with Gasteiger partial charge in [-0.25, -0.2) is 4.79 Å². The fourth-order valence-electron chi connectivity index (χ4n) is 1.02. The van der Waals surface area contributed by atoms with Crippen molar-refractivity contribution in [2.45, 2.75) is 13.0 Å². The van der Waals surface area contributed by atoms with Crippen molar-refractivity contribution in [3.8, 4) is 0 Å². The van der Waals surface area contributed by atoms with E-state index < -0.39 is 42.4 Å². The maximum atomic E-state index is 11.5. The fourth-order valence-corrected chi connectivity index (χ4v) is 1.28. The first-order chi connectivity index (χ1) is 9.27. The molecule has 0 bridgehead atoms. The Hall–Kier alpha value is -1.97. The van der Waals surface area contributed by atoms with Crippen molar-refractivity contribution >= 4 is 36.5 Å². The van der Waals surface area contributed by atoms with Crippen LogP contribution in [-0.2, 0) is 14.4 Å². The maximum absolute atomic E-state index is 11.5. The third-order valence-electron chi connectivity index (χ3n) is 2.21. The van der Waals surface area contributed by atoms with Gasteiger partial charge in [-0.05, 0) is 0 Å². The summed E-state index contributed by atoms with van der Waals surface area (Å²) in [6.45, 7) is 0.748. The van der Waals surface area contributed by atoms with Gasteiger partial charge in [-0.3, -0.25) is 14.4 Å². The average molecular weight is 307 g/mol. The zero-order valence-corrected chi connectivity index (χ0v) is 11.6. The van der Waals surface area contributed by atoms with Gasteiger partial charge in [0.1, 0.15) is 12.6 Å². The summed E-state index contributed by atoms with van der Waals surface area (Å²) in [5, 5.41) is 23.7. The van der Waals surface area contributed by atoms with Crippen molar-refractivity contribution in [2.24, 2.45) is 5.92 Å². The number of urea groups is 1. The first kappa shape index (κ1) is 18.0. The number of thiol groups is 1. The molecule has 5 N–H and O–H groups in total. The molecule has 0 aliphatic rings. The van der Waals surface area contributed by atoms with Crippen LogP contribution in [0.1, 0.15) is 6.92 Å². The van der Waals surface area contributed by atoms with Gasteiger partial charge >= 0.3 is 18.0 Å². The molecule has 0 aliphatic carbocycles. The van der Waals surface area contributed by atoms with E-state index in [0.717, 1.165) is 0 Å². The van der Waals surface area contributed by atoms with E-state index in [-0.39, 0.29) is 12.3 Å². The van der Waals surface area contributed by atoms with Gasteiger partial charge in [0.25, 0.3) is 0 Å². The number of rotatable bonds is 8. The molecule has 0 aromatic heterocycles. The summed E-state index contributed by atoms with van der Waals surface area (Å²) in [6.07, 6.45) is 0. The van der Waals surface area contributed by atoms with Gasteiger partial charge in [0, 0.05) is 12.3 Å². The summed E-state index contributed by atoms with van der Waals surface area (Å²) in [6, 6.07) is -1.75. The van der Waals surface area contributed by atoms with E-state index in [9.17, 15) is 19.2 Å². The van der Waals surface area contributed by atoms with Crippen molar-refractivity contribution in [3.63, 3.8) is 0 Å². The summed E-state index contributed by atoms with van der Waals surface area (Å²) in [5.41, 5.74) is 0. The van der Waals surface area contributed by atoms with Crippen LogP contribution in [0.4, 0.5) is 4.79 Å². The van der Waals surface area contributed by atoms with E-state index in [4.69, 9.17) is 10.2 Å². The smallest absolute Gasteiger partial charge is 0.322 e. The zero-order valence-electron chi connectivity index (χ0n) is 10.8. The van der Waals surface area contributed by atoms with Crippen molar-refractivity contribution in [2.75, 3.05) is 18.8 Å². The van der Waals surface area contributed by atoms with Crippen LogP contribution in [0.25, 0.3) is 0 Å². The number of carbonyl (C=O) groups is 4. The highest BCUT2D eigenvalue weighted by Crippen LogP contribution is 1.92. The van der Waals surface area contributed by atoms with Crippen LogP contribution in [0.15, 0.2) is 0 Å². The summed E-state index contributed by atoms with van der Waals surface area (Å²) in [4.78, 5) is 43.8. The van der Waals surface area contributed by atoms with Crippen molar-refractivity contribution < 1.29 is 29.4 Å². The molecule has 0 radical (unpaired) electrons. The number of carboxylic acids is 2. The van der Waals surface area contributed by atoms with Crippen LogP contribution in [0.5, 0.6) is 0 Å². The molecule has 0 fully saturated rings. The molecule has 0 heterocycles. The van der Waals surface area contributed by atoms with E-state index in [2.05, 4.69) is 28.6 Å². The van der Waals surface area contributed by atoms with Crippen LogP contribution >= 0.6 is 12.6 Å². The summed E-state index contributed by atoms with van der Waals surface area (Å²) < 4.78 is 0. The van der Waals surface area contributed by atoms with Crippen LogP contribution < -0.4 is 16.0 Å². The Morgan fingerprint density at radius 1 is 1.15 bits per heavy atom. The molecule has 0 saturated carbocycles. The molecule has 0 spiro atoms. The molecule has 9 nitrogen and oxygen atoms in total. The van der Waals surface area contributed by atoms with Gasteiger partial charge in [-0.2, -0.15) is 12.6 Å². The van der Waals surface area contributed by atoms with Crippen molar-refractivity contribution in [1.29, 1.82) is 0 Å². The Kier molecular flexibility index (Phi) is 8.13. The molecule has 0 aromatic carbocycles. The molecule has 0 unspecified atom stereocenters. The second kappa shape index (κ2) is 9.02. The van der Waals surface area contributed by atoms with E-state index >= 15 is 0 Å². The Labute approximate surface area is 120 Å². The van der Waals surface area contributed by atoms with Crippen LogP contribution in [0.3, 0.4) is 0 Å². The van der Waals surface area contributed by atoms with Gasteiger partial charge in [0.2, 0.25) is 5.91 Å². The monoisotopic (exact) mass is 307 g/mol. The molecule has 2 atom stereocenters. The molecule has 3 amide bonds. The lowest BCUT2D eigenvalue weighted by molar-refractivity contribution is -0.141. The molecule has 0 aromatic rings. The van der Waals surface area contributed by atoms with Crippen molar-refractivity contribution in [1.82, 2.24) is 16.0 Å². The highest BCUT2D eigenvalue weighted by molar-refractivity contribution is 7.80. The molecule has 0 aliphatic heterocycles. The molecule has 20 heavy (non-hydrogen) atoms. The molecule has 10 heteroatoms. The Morgan fingerprint density at radius 3 is 2.20 bits per heavy atom. The van der Waals surface area contributed by atoms with E-state index in [1.165, 1.54) is 6.92 Å². The van der Waals surface area contributed by atoms with Gasteiger partial charge in [-0.1, -0.05) is 6.92 Å². The molecular formula is C10H17N3O6S. The minimum Gasteiger partial charge on any atom is -0.481 e. The summed E-state index contributed by atoms with van der Waals surface area (Å²) >= 11 is 3.87. The summed E-state index contributed by atoms with van der Waals surface area (Å²) in [5.74, 6) is -3.76. The molecule has 114 valence electrons. The maximum Gasteiger partial charge on any atom is 0.322 e. The standard InChI is InChI=1S/C10H17N3O6S/c1-5(9(17)18)2-12-10(19)13-6(4-20)8(16)11-3-7(14)15/h5-6,20H,2-4H2,1H3,(H,11,16)(H,14,15)(H,17,18)(H2,12,13,19)/t5-,6-/m0/s1. The van der Waals surface area contributed by atoms with E-state index in [1.807, 2.05) is 0 Å².